The number of aromatic amines is 2. The molecular weight excluding hydrogens is 372 g/mol. The minimum Gasteiger partial charge on any atom is -0.378 e. The van der Waals surface area contributed by atoms with Crippen molar-refractivity contribution in [2.24, 2.45) is 5.73 Å². The number of ether oxygens (including phenoxy) is 1. The van der Waals surface area contributed by atoms with Crippen LogP contribution >= 0.6 is 0 Å². The first-order valence-electron chi connectivity index (χ1n) is 9.63. The molecule has 1 saturated heterocycles. The zero-order valence-electron chi connectivity index (χ0n) is 16.5. The summed E-state index contributed by atoms with van der Waals surface area (Å²) in [7, 11) is 0. The van der Waals surface area contributed by atoms with E-state index in [0.29, 0.717) is 47.8 Å². The Labute approximate surface area is 167 Å². The Balaban J connectivity index is 1.58. The van der Waals surface area contributed by atoms with Crippen molar-refractivity contribution in [2.75, 3.05) is 36.5 Å². The van der Waals surface area contributed by atoms with Crippen LogP contribution < -0.4 is 16.0 Å². The van der Waals surface area contributed by atoms with Crippen LogP contribution in [0.3, 0.4) is 0 Å². The van der Waals surface area contributed by atoms with E-state index in [0.717, 1.165) is 30.1 Å². The number of aromatic nitrogens is 3. The summed E-state index contributed by atoms with van der Waals surface area (Å²) in [5.41, 5.74) is 9.73. The first kappa shape index (κ1) is 19.0. The molecule has 152 valence electrons. The van der Waals surface area contributed by atoms with Gasteiger partial charge in [-0.3, -0.25) is 9.59 Å². The Morgan fingerprint density at radius 1 is 1.28 bits per heavy atom. The summed E-state index contributed by atoms with van der Waals surface area (Å²) in [6.07, 6.45) is 0.522. The van der Waals surface area contributed by atoms with Crippen LogP contribution in [0.5, 0.6) is 0 Å². The number of carbonyl (C=O) groups is 2. The number of H-pyrrole nitrogens is 2. The molecule has 1 fully saturated rings. The molecule has 3 heterocycles. The number of nitrogens with one attached hydrogen (secondary N) is 3. The van der Waals surface area contributed by atoms with Crippen LogP contribution in [-0.4, -0.2) is 53.1 Å². The van der Waals surface area contributed by atoms with Gasteiger partial charge in [-0.25, -0.2) is 4.98 Å². The van der Waals surface area contributed by atoms with Gasteiger partial charge in [0.05, 0.1) is 29.8 Å². The summed E-state index contributed by atoms with van der Waals surface area (Å²) in [6.45, 7) is 6.56. The normalized spacial score (nSPS) is 14.3. The van der Waals surface area contributed by atoms with Crippen LogP contribution in [0.4, 0.5) is 11.6 Å². The molecule has 0 unspecified atom stereocenters. The third kappa shape index (κ3) is 3.56. The summed E-state index contributed by atoms with van der Waals surface area (Å²) in [5.74, 6) is -0.0555. The lowest BCUT2D eigenvalue weighted by atomic mass is 10.1. The summed E-state index contributed by atoms with van der Waals surface area (Å²) in [4.78, 5) is 37.6. The van der Waals surface area contributed by atoms with Gasteiger partial charge in [-0.1, -0.05) is 6.92 Å². The van der Waals surface area contributed by atoms with Crippen molar-refractivity contribution in [1.82, 2.24) is 15.0 Å². The van der Waals surface area contributed by atoms with E-state index >= 15 is 0 Å². The van der Waals surface area contributed by atoms with Gasteiger partial charge in [0, 0.05) is 24.5 Å². The van der Waals surface area contributed by atoms with E-state index < -0.39 is 5.91 Å². The Bertz CT molecular complexity index is 1080. The van der Waals surface area contributed by atoms with Gasteiger partial charge in [-0.2, -0.15) is 0 Å². The van der Waals surface area contributed by atoms with Crippen molar-refractivity contribution in [3.63, 3.8) is 0 Å². The minimum atomic E-state index is -0.538. The second-order valence-electron chi connectivity index (χ2n) is 7.04. The molecule has 0 radical (unpaired) electrons. The van der Waals surface area contributed by atoms with E-state index in [1.165, 1.54) is 0 Å². The van der Waals surface area contributed by atoms with Gasteiger partial charge >= 0.3 is 0 Å². The van der Waals surface area contributed by atoms with Crippen molar-refractivity contribution in [1.29, 1.82) is 0 Å². The number of anilines is 2. The SMILES string of the molecule is CCc1c(C(=O)Nc2ccc3nc(N4CCOCC4)[nH]c3c2)[nH]c(C)c1C(N)=O. The molecule has 1 aliphatic heterocycles. The third-order valence-electron chi connectivity index (χ3n) is 5.16. The monoisotopic (exact) mass is 396 g/mol. The van der Waals surface area contributed by atoms with Crippen molar-refractivity contribution in [2.45, 2.75) is 20.3 Å². The maximum Gasteiger partial charge on any atom is 0.272 e. The molecule has 1 aliphatic rings. The maximum atomic E-state index is 12.8. The number of primary amides is 1. The van der Waals surface area contributed by atoms with Crippen LogP contribution in [-0.2, 0) is 11.2 Å². The molecule has 9 heteroatoms. The number of morpholine rings is 1. The van der Waals surface area contributed by atoms with E-state index in [2.05, 4.69) is 25.2 Å². The van der Waals surface area contributed by atoms with Gasteiger partial charge in [0.15, 0.2) is 0 Å². The van der Waals surface area contributed by atoms with E-state index in [-0.39, 0.29) is 5.91 Å². The summed E-state index contributed by atoms with van der Waals surface area (Å²) in [5, 5.41) is 2.89. The lowest BCUT2D eigenvalue weighted by molar-refractivity contribution is 0.0998. The van der Waals surface area contributed by atoms with Crippen LogP contribution in [0.15, 0.2) is 18.2 Å². The number of aryl methyl sites for hydroxylation is 1. The van der Waals surface area contributed by atoms with Crippen LogP contribution in [0, 0.1) is 6.92 Å². The molecule has 2 amide bonds. The van der Waals surface area contributed by atoms with Gasteiger partial charge in [-0.15, -0.1) is 0 Å². The molecule has 4 rings (SSSR count). The number of carbonyl (C=O) groups excluding carboxylic acids is 2. The zero-order chi connectivity index (χ0) is 20.5. The number of fused-ring (bicyclic) bond motifs is 1. The van der Waals surface area contributed by atoms with Gasteiger partial charge in [0.2, 0.25) is 5.95 Å². The van der Waals surface area contributed by atoms with Crippen LogP contribution in [0.1, 0.15) is 39.0 Å². The Morgan fingerprint density at radius 3 is 2.72 bits per heavy atom. The second-order valence-corrected chi connectivity index (χ2v) is 7.04. The summed E-state index contributed by atoms with van der Waals surface area (Å²) in [6, 6.07) is 5.52. The van der Waals surface area contributed by atoms with Crippen molar-refractivity contribution >= 4 is 34.5 Å². The Hall–Kier alpha value is -3.33. The number of amides is 2. The highest BCUT2D eigenvalue weighted by molar-refractivity contribution is 6.08. The Kier molecular flexibility index (Phi) is 4.98. The molecule has 0 atom stereocenters. The van der Waals surface area contributed by atoms with E-state index in [1.54, 1.807) is 13.0 Å². The van der Waals surface area contributed by atoms with E-state index in [9.17, 15) is 9.59 Å². The third-order valence-corrected chi connectivity index (χ3v) is 5.16. The highest BCUT2D eigenvalue weighted by Crippen LogP contribution is 2.24. The van der Waals surface area contributed by atoms with Crippen molar-refractivity contribution in [3.8, 4) is 0 Å². The average molecular weight is 396 g/mol. The number of imidazole rings is 1. The molecule has 9 nitrogen and oxygen atoms in total. The highest BCUT2D eigenvalue weighted by atomic mass is 16.5. The number of rotatable bonds is 5. The molecular formula is C20H24N6O3. The van der Waals surface area contributed by atoms with E-state index in [1.807, 2.05) is 19.1 Å². The molecule has 1 aromatic carbocycles. The fourth-order valence-electron chi connectivity index (χ4n) is 3.75. The average Bonchev–Trinajstić information content (AvgIpc) is 3.28. The summed E-state index contributed by atoms with van der Waals surface area (Å²) >= 11 is 0. The highest BCUT2D eigenvalue weighted by Gasteiger charge is 2.22. The second kappa shape index (κ2) is 7.59. The van der Waals surface area contributed by atoms with Gasteiger partial charge in [0.1, 0.15) is 5.69 Å². The lowest BCUT2D eigenvalue weighted by Gasteiger charge is -2.26. The number of nitrogens with two attached hydrogens (primary N) is 1. The number of benzene rings is 1. The Morgan fingerprint density at radius 2 is 2.03 bits per heavy atom. The molecule has 0 spiro atoms. The number of nitrogens with zero attached hydrogens (tertiary/aromatic N) is 2. The quantitative estimate of drug-likeness (QED) is 0.524. The van der Waals surface area contributed by atoms with Gasteiger partial charge in [0.25, 0.3) is 11.8 Å². The molecule has 0 bridgehead atoms. The predicted molar refractivity (Wildman–Crippen MR) is 111 cm³/mol. The van der Waals surface area contributed by atoms with Gasteiger partial charge < -0.3 is 30.7 Å². The lowest BCUT2D eigenvalue weighted by Crippen LogP contribution is -2.36. The number of hydrogen-bond acceptors (Lipinski definition) is 5. The fourth-order valence-corrected chi connectivity index (χ4v) is 3.75. The van der Waals surface area contributed by atoms with Crippen molar-refractivity contribution in [3.05, 3.63) is 40.7 Å². The topological polar surface area (TPSA) is 129 Å². The molecule has 29 heavy (non-hydrogen) atoms. The summed E-state index contributed by atoms with van der Waals surface area (Å²) < 4.78 is 5.38. The van der Waals surface area contributed by atoms with Gasteiger partial charge in [-0.05, 0) is 37.1 Å². The molecule has 5 N–H and O–H groups in total. The molecule has 2 aromatic heterocycles. The number of hydrogen-bond donors (Lipinski definition) is 4. The molecule has 0 aliphatic carbocycles. The van der Waals surface area contributed by atoms with E-state index in [4.69, 9.17) is 10.5 Å². The maximum absolute atomic E-state index is 12.8. The fraction of sp³-hybridized carbons (Fsp3) is 0.350. The first-order valence-corrected chi connectivity index (χ1v) is 9.63. The largest absolute Gasteiger partial charge is 0.378 e. The first-order chi connectivity index (χ1) is 14.0. The predicted octanol–water partition coefficient (Wildman–Crippen LogP) is 1.95. The molecule has 3 aromatic rings. The van der Waals surface area contributed by atoms with Crippen LogP contribution in [0.25, 0.3) is 11.0 Å². The smallest absolute Gasteiger partial charge is 0.272 e. The van der Waals surface area contributed by atoms with Crippen LogP contribution in [0.2, 0.25) is 0 Å². The van der Waals surface area contributed by atoms with Crippen molar-refractivity contribution < 1.29 is 14.3 Å². The standard InChI is InChI=1S/C20H24N6O3/c1-3-13-16(18(21)27)11(2)22-17(13)19(28)23-12-4-5-14-15(10-12)25-20(24-14)26-6-8-29-9-7-26/h4-5,10,22H,3,6-9H2,1-2H3,(H2,21,27)(H,23,28)(H,24,25). The zero-order valence-corrected chi connectivity index (χ0v) is 16.5. The molecule has 0 saturated carbocycles. The minimum absolute atomic E-state index is 0.315.